The van der Waals surface area contributed by atoms with Crippen LogP contribution in [0.25, 0.3) is 0 Å². The number of aromatic nitrogens is 1. The van der Waals surface area contributed by atoms with Crippen LogP contribution in [-0.4, -0.2) is 82.9 Å². The molecule has 4 N–H and O–H groups in total. The van der Waals surface area contributed by atoms with Crippen molar-refractivity contribution in [1.82, 2.24) is 25.8 Å². The number of carbonyl (C=O) groups excluding carboxylic acids is 4. The molecule has 1 heterocycles. The maximum Gasteiger partial charge on any atom is 0.306 e. The van der Waals surface area contributed by atoms with Gasteiger partial charge in [-0.15, -0.1) is 11.3 Å². The summed E-state index contributed by atoms with van der Waals surface area (Å²) in [5, 5.41) is 20.5. The molecule has 2 rings (SSSR count). The summed E-state index contributed by atoms with van der Waals surface area (Å²) in [7, 11) is 3.42. The van der Waals surface area contributed by atoms with Crippen molar-refractivity contribution in [3.8, 4) is 0 Å². The molecule has 1 aromatic heterocycles. The fraction of sp³-hybridized carbons (Fsp3) is 0.622. The number of likely N-dealkylation sites (N-methyl/N-ethyl adjacent to an activating group) is 2. The highest BCUT2D eigenvalue weighted by Gasteiger charge is 2.36. The van der Waals surface area contributed by atoms with Crippen LogP contribution in [0.5, 0.6) is 0 Å². The number of carboxylic acid groups (broad SMARTS) is 1. The molecule has 3 amide bonds. The third kappa shape index (κ3) is 12.5. The summed E-state index contributed by atoms with van der Waals surface area (Å²) in [5.41, 5.74) is 1.08. The molecular weight excluding hydrogens is 659 g/mol. The number of esters is 1. The van der Waals surface area contributed by atoms with Crippen LogP contribution in [-0.2, 0) is 30.3 Å². The van der Waals surface area contributed by atoms with Crippen LogP contribution in [0.4, 0.5) is 0 Å². The van der Waals surface area contributed by atoms with Gasteiger partial charge >= 0.3 is 11.9 Å². The lowest BCUT2D eigenvalue weighted by Crippen LogP contribution is -2.57. The summed E-state index contributed by atoms with van der Waals surface area (Å²) in [6.45, 7) is 14.6. The van der Waals surface area contributed by atoms with E-state index in [1.54, 1.807) is 31.3 Å². The van der Waals surface area contributed by atoms with Crippen molar-refractivity contribution < 1.29 is 33.8 Å². The zero-order chi connectivity index (χ0) is 37.7. The first kappa shape index (κ1) is 42.3. The van der Waals surface area contributed by atoms with Gasteiger partial charge in [-0.05, 0) is 43.2 Å². The second kappa shape index (κ2) is 20.1. The highest BCUT2D eigenvalue weighted by molar-refractivity contribution is 7.09. The van der Waals surface area contributed by atoms with Gasteiger partial charge in [-0.1, -0.05) is 85.2 Å². The van der Waals surface area contributed by atoms with Gasteiger partial charge in [0.2, 0.25) is 11.8 Å². The van der Waals surface area contributed by atoms with Gasteiger partial charge in [0.15, 0.2) is 6.10 Å². The van der Waals surface area contributed by atoms with E-state index < -0.39 is 54.0 Å². The highest BCUT2D eigenvalue weighted by atomic mass is 32.1. The number of carboxylic acids is 1. The Morgan fingerprint density at radius 2 is 1.58 bits per heavy atom. The van der Waals surface area contributed by atoms with E-state index in [1.165, 1.54) is 18.3 Å². The zero-order valence-electron chi connectivity index (χ0n) is 31.2. The molecule has 0 radical (unpaired) electrons. The van der Waals surface area contributed by atoms with Crippen LogP contribution in [0.2, 0.25) is 0 Å². The summed E-state index contributed by atoms with van der Waals surface area (Å²) in [5.74, 6) is -3.29. The van der Waals surface area contributed by atoms with Gasteiger partial charge in [0.05, 0.1) is 12.0 Å². The lowest BCUT2D eigenvalue weighted by Gasteiger charge is -2.37. The molecule has 0 fully saturated rings. The molecule has 1 aromatic carbocycles. The van der Waals surface area contributed by atoms with Gasteiger partial charge in [-0.2, -0.15) is 0 Å². The van der Waals surface area contributed by atoms with Crippen molar-refractivity contribution in [3.05, 3.63) is 52.0 Å². The molecule has 0 saturated heterocycles. The quantitative estimate of drug-likeness (QED) is 0.140. The SMILES string of the molecule is CC[C@H](C)[C@H](NC(=O)[C@H](NC)C(C)C)C(=O)N(C)[C@H](C[C@@H](OC(C)=O)c1nc(C(=O)N[C@@H](Cc2ccccc2)C[C@H](C)C(=O)O)cs1)C(C)C. The molecule has 50 heavy (non-hydrogen) atoms. The third-order valence-electron chi connectivity index (χ3n) is 9.17. The Hall–Kier alpha value is -3.84. The third-order valence-corrected chi connectivity index (χ3v) is 10.1. The molecule has 0 aliphatic heterocycles. The van der Waals surface area contributed by atoms with Gasteiger partial charge in [0.1, 0.15) is 16.7 Å². The van der Waals surface area contributed by atoms with Crippen LogP contribution in [0.3, 0.4) is 0 Å². The van der Waals surface area contributed by atoms with Crippen molar-refractivity contribution in [2.24, 2.45) is 23.7 Å². The lowest BCUT2D eigenvalue weighted by molar-refractivity contribution is -0.149. The van der Waals surface area contributed by atoms with E-state index in [4.69, 9.17) is 4.74 Å². The predicted octanol–water partition coefficient (Wildman–Crippen LogP) is 4.85. The summed E-state index contributed by atoms with van der Waals surface area (Å²) < 4.78 is 5.74. The van der Waals surface area contributed by atoms with E-state index in [1.807, 2.05) is 71.9 Å². The van der Waals surface area contributed by atoms with Crippen molar-refractivity contribution in [2.75, 3.05) is 14.1 Å². The molecule has 0 unspecified atom stereocenters. The Bertz CT molecular complexity index is 1420. The van der Waals surface area contributed by atoms with E-state index in [0.29, 0.717) is 17.8 Å². The molecule has 0 aliphatic rings. The van der Waals surface area contributed by atoms with Crippen molar-refractivity contribution >= 4 is 41.0 Å². The minimum absolute atomic E-state index is 0.0200. The summed E-state index contributed by atoms with van der Waals surface area (Å²) in [4.78, 5) is 70.8. The van der Waals surface area contributed by atoms with E-state index in [0.717, 1.165) is 5.56 Å². The Kier molecular flexibility index (Phi) is 17.0. The van der Waals surface area contributed by atoms with Crippen molar-refractivity contribution in [3.63, 3.8) is 0 Å². The fourth-order valence-electron chi connectivity index (χ4n) is 5.99. The minimum atomic E-state index is -0.948. The van der Waals surface area contributed by atoms with Crippen LogP contribution in [0, 0.1) is 23.7 Å². The number of ether oxygens (including phenoxy) is 1. The number of amides is 3. The number of hydrogen-bond acceptors (Lipinski definition) is 9. The molecule has 0 saturated carbocycles. The van der Waals surface area contributed by atoms with E-state index in [2.05, 4.69) is 20.9 Å². The molecule has 0 bridgehead atoms. The number of rotatable bonds is 20. The summed E-state index contributed by atoms with van der Waals surface area (Å²) in [6, 6.07) is 7.42. The first-order valence-corrected chi connectivity index (χ1v) is 18.3. The Morgan fingerprint density at radius 3 is 2.10 bits per heavy atom. The molecule has 0 spiro atoms. The molecular formula is C37H57N5O7S. The Labute approximate surface area is 301 Å². The van der Waals surface area contributed by atoms with Gasteiger partial charge in [-0.25, -0.2) is 4.98 Å². The number of aliphatic carboxylic acids is 1. The maximum atomic E-state index is 14.1. The molecule has 2 aromatic rings. The van der Waals surface area contributed by atoms with Crippen molar-refractivity contribution in [1.29, 1.82) is 0 Å². The maximum absolute atomic E-state index is 14.1. The van der Waals surface area contributed by atoms with Gasteiger partial charge in [-0.3, -0.25) is 24.0 Å². The van der Waals surface area contributed by atoms with Gasteiger partial charge in [0.25, 0.3) is 5.91 Å². The predicted molar refractivity (Wildman–Crippen MR) is 195 cm³/mol. The van der Waals surface area contributed by atoms with Crippen LogP contribution in [0.15, 0.2) is 35.7 Å². The molecule has 12 nitrogen and oxygen atoms in total. The number of thiazole rings is 1. The Morgan fingerprint density at radius 1 is 0.940 bits per heavy atom. The smallest absolute Gasteiger partial charge is 0.306 e. The molecule has 7 atom stereocenters. The lowest BCUT2D eigenvalue weighted by atomic mass is 9.92. The monoisotopic (exact) mass is 715 g/mol. The van der Waals surface area contributed by atoms with E-state index in [9.17, 15) is 29.1 Å². The average molecular weight is 716 g/mol. The van der Waals surface area contributed by atoms with Crippen LogP contribution >= 0.6 is 11.3 Å². The van der Waals surface area contributed by atoms with Crippen LogP contribution in [0.1, 0.15) is 102 Å². The minimum Gasteiger partial charge on any atom is -0.481 e. The molecule has 13 heteroatoms. The second-order valence-corrected chi connectivity index (χ2v) is 14.8. The number of hydrogen-bond donors (Lipinski definition) is 4. The fourth-order valence-corrected chi connectivity index (χ4v) is 6.83. The summed E-state index contributed by atoms with van der Waals surface area (Å²) >= 11 is 1.17. The first-order valence-electron chi connectivity index (χ1n) is 17.4. The second-order valence-electron chi connectivity index (χ2n) is 13.9. The van der Waals surface area contributed by atoms with Gasteiger partial charge < -0.3 is 30.7 Å². The normalized spacial score (nSPS) is 15.7. The number of carbonyl (C=O) groups is 5. The zero-order valence-corrected chi connectivity index (χ0v) is 32.0. The molecule has 278 valence electrons. The van der Waals surface area contributed by atoms with Gasteiger partial charge in [0, 0.05) is 37.9 Å². The molecule has 0 aliphatic carbocycles. The van der Waals surface area contributed by atoms with E-state index in [-0.39, 0.29) is 48.1 Å². The number of nitrogens with zero attached hydrogens (tertiary/aromatic N) is 2. The highest BCUT2D eigenvalue weighted by Crippen LogP contribution is 2.31. The summed E-state index contributed by atoms with van der Waals surface area (Å²) in [6.07, 6.45) is 0.709. The Balaban J connectivity index is 2.33. The average Bonchev–Trinajstić information content (AvgIpc) is 3.55. The topological polar surface area (TPSA) is 167 Å². The first-order chi connectivity index (χ1) is 23.5. The number of benzene rings is 1. The largest absolute Gasteiger partial charge is 0.481 e. The van der Waals surface area contributed by atoms with Crippen molar-refractivity contribution in [2.45, 2.75) is 111 Å². The van der Waals surface area contributed by atoms with Crippen LogP contribution < -0.4 is 16.0 Å². The van der Waals surface area contributed by atoms with E-state index >= 15 is 0 Å². The standard InChI is InChI=1S/C37H57N5O7S/c1-11-23(6)32(41-34(45)31(38-9)22(4)5)36(46)42(10)29(21(2)3)19-30(49-25(8)43)35-40-28(20-50-35)33(44)39-27(17-24(7)37(47)48)18-26-15-13-12-14-16-26/h12-16,20-24,27,29-32,38H,11,17-19H2,1-10H3,(H,39,44)(H,41,45)(H,47,48)/t23-,24-,27+,29+,30+,31+,32-/m0/s1. The number of nitrogens with one attached hydrogen (secondary N) is 3.